The highest BCUT2D eigenvalue weighted by molar-refractivity contribution is 7.18. The van der Waals surface area contributed by atoms with Gasteiger partial charge in [-0.25, -0.2) is 4.98 Å². The number of ether oxygens (including phenoxy) is 1. The quantitative estimate of drug-likeness (QED) is 0.769. The average molecular weight is 206 g/mol. The number of nitrogens with zero attached hydrogens (tertiary/aromatic N) is 1. The van der Waals surface area contributed by atoms with Gasteiger partial charge in [0.2, 0.25) is 0 Å². The molecule has 2 nitrogen and oxygen atoms in total. The number of benzene rings is 1. The van der Waals surface area contributed by atoms with Gasteiger partial charge in [0, 0.05) is 6.07 Å². The molecule has 2 aromatic rings. The van der Waals surface area contributed by atoms with Crippen molar-refractivity contribution < 1.29 is 4.74 Å². The minimum absolute atomic E-state index is 0.661. The first-order valence-electron chi connectivity index (χ1n) is 4.59. The molecule has 73 valence electrons. The van der Waals surface area contributed by atoms with Crippen LogP contribution in [-0.2, 0) is 0 Å². The second kappa shape index (κ2) is 3.96. The third kappa shape index (κ3) is 1.87. The van der Waals surface area contributed by atoms with Crippen LogP contribution < -0.4 is 4.74 Å². The topological polar surface area (TPSA) is 22.1 Å². The second-order valence-electron chi connectivity index (χ2n) is 3.06. The van der Waals surface area contributed by atoms with Gasteiger partial charge < -0.3 is 4.74 Å². The summed E-state index contributed by atoms with van der Waals surface area (Å²) in [7, 11) is 0. The Morgan fingerprint density at radius 1 is 1.50 bits per heavy atom. The Hall–Kier alpha value is -1.09. The van der Waals surface area contributed by atoms with E-state index in [0.717, 1.165) is 22.7 Å². The van der Waals surface area contributed by atoms with E-state index in [9.17, 15) is 0 Å². The molecule has 0 spiro atoms. The van der Waals surface area contributed by atoms with E-state index in [0.29, 0.717) is 6.61 Å². The normalized spacial score (nSPS) is 10.7. The van der Waals surface area contributed by atoms with E-state index in [1.54, 1.807) is 11.3 Å². The number of thiazole rings is 1. The zero-order valence-electron chi connectivity index (χ0n) is 8.12. The maximum absolute atomic E-state index is 5.47. The van der Waals surface area contributed by atoms with Crippen molar-refractivity contribution in [3.8, 4) is 5.75 Å². The van der Waals surface area contributed by atoms with Crippen molar-refractivity contribution in [3.63, 3.8) is 0 Å². The van der Waals surface area contributed by atoms with Crippen LogP contribution in [0.1, 0.15) is 11.4 Å². The molecule has 1 radical (unpaired) electrons. The highest BCUT2D eigenvalue weighted by atomic mass is 32.1. The van der Waals surface area contributed by atoms with Gasteiger partial charge in [0.1, 0.15) is 5.75 Å². The second-order valence-corrected chi connectivity index (χ2v) is 4.30. The fraction of sp³-hybridized carbons (Fsp3) is 0.273. The molecular formula is C11H12NOS. The summed E-state index contributed by atoms with van der Waals surface area (Å²) in [4.78, 5) is 4.40. The van der Waals surface area contributed by atoms with Crippen LogP contribution in [0.4, 0.5) is 0 Å². The van der Waals surface area contributed by atoms with E-state index >= 15 is 0 Å². The number of hydrogen-bond acceptors (Lipinski definition) is 3. The number of aryl methyl sites for hydroxylation is 1. The fourth-order valence-corrected chi connectivity index (χ4v) is 2.11. The summed E-state index contributed by atoms with van der Waals surface area (Å²) in [6.45, 7) is 6.40. The maximum Gasteiger partial charge on any atom is 0.121 e. The first-order valence-corrected chi connectivity index (χ1v) is 5.40. The molecule has 1 heterocycles. The van der Waals surface area contributed by atoms with Crippen molar-refractivity contribution in [2.45, 2.75) is 13.3 Å². The van der Waals surface area contributed by atoms with Crippen LogP contribution in [0.3, 0.4) is 0 Å². The summed E-state index contributed by atoms with van der Waals surface area (Å²) in [5, 5.41) is 1.09. The Kier molecular flexibility index (Phi) is 2.68. The van der Waals surface area contributed by atoms with Crippen molar-refractivity contribution in [1.29, 1.82) is 0 Å². The molecule has 0 amide bonds. The van der Waals surface area contributed by atoms with Gasteiger partial charge in [0.15, 0.2) is 0 Å². The molecule has 14 heavy (non-hydrogen) atoms. The molecule has 0 aliphatic carbocycles. The van der Waals surface area contributed by atoms with Crippen LogP contribution in [0.25, 0.3) is 10.2 Å². The zero-order valence-corrected chi connectivity index (χ0v) is 8.93. The molecule has 0 aliphatic rings. The number of hydrogen-bond donors (Lipinski definition) is 0. The summed E-state index contributed by atoms with van der Waals surface area (Å²) >= 11 is 1.71. The first-order chi connectivity index (χ1) is 6.79. The molecular weight excluding hydrogens is 194 g/mol. The fourth-order valence-electron chi connectivity index (χ4n) is 1.30. The monoisotopic (exact) mass is 206 g/mol. The molecule has 0 saturated heterocycles. The predicted molar refractivity (Wildman–Crippen MR) is 59.8 cm³/mol. The van der Waals surface area contributed by atoms with Gasteiger partial charge in [0.05, 0.1) is 21.8 Å². The number of aromatic nitrogens is 1. The van der Waals surface area contributed by atoms with Gasteiger partial charge in [-0.2, -0.15) is 0 Å². The van der Waals surface area contributed by atoms with E-state index in [2.05, 4.69) is 18.0 Å². The van der Waals surface area contributed by atoms with Gasteiger partial charge in [-0.05, 0) is 32.4 Å². The third-order valence-corrected chi connectivity index (χ3v) is 2.83. The lowest BCUT2D eigenvalue weighted by atomic mass is 10.3. The minimum atomic E-state index is 0.661. The average Bonchev–Trinajstić information content (AvgIpc) is 2.54. The molecule has 0 fully saturated rings. The Bertz CT molecular complexity index is 436. The van der Waals surface area contributed by atoms with Gasteiger partial charge in [-0.15, -0.1) is 11.3 Å². The molecule has 3 heteroatoms. The zero-order chi connectivity index (χ0) is 9.97. The predicted octanol–water partition coefficient (Wildman–Crippen LogP) is 3.21. The van der Waals surface area contributed by atoms with Gasteiger partial charge >= 0.3 is 0 Å². The summed E-state index contributed by atoms with van der Waals surface area (Å²) in [5.74, 6) is 0.881. The van der Waals surface area contributed by atoms with Gasteiger partial charge in [-0.1, -0.05) is 0 Å². The van der Waals surface area contributed by atoms with Crippen molar-refractivity contribution in [1.82, 2.24) is 4.98 Å². The first kappa shape index (κ1) is 9.46. The summed E-state index contributed by atoms with van der Waals surface area (Å²) < 4.78 is 6.69. The van der Waals surface area contributed by atoms with Crippen LogP contribution >= 0.6 is 11.3 Å². The van der Waals surface area contributed by atoms with E-state index in [1.165, 1.54) is 4.70 Å². The molecule has 1 aromatic heterocycles. The van der Waals surface area contributed by atoms with Crippen molar-refractivity contribution in [2.24, 2.45) is 0 Å². The minimum Gasteiger partial charge on any atom is -0.494 e. The Labute approximate surface area is 87.5 Å². The van der Waals surface area contributed by atoms with Crippen molar-refractivity contribution >= 4 is 21.6 Å². The van der Waals surface area contributed by atoms with Crippen LogP contribution in [-0.4, -0.2) is 11.6 Å². The van der Waals surface area contributed by atoms with E-state index in [4.69, 9.17) is 4.74 Å². The Morgan fingerprint density at radius 3 is 3.14 bits per heavy atom. The maximum atomic E-state index is 5.47. The highest BCUT2D eigenvalue weighted by Gasteiger charge is 2.01. The molecule has 0 aliphatic heterocycles. The smallest absolute Gasteiger partial charge is 0.121 e. The van der Waals surface area contributed by atoms with Crippen molar-refractivity contribution in [3.05, 3.63) is 30.1 Å². The number of rotatable bonds is 3. The van der Waals surface area contributed by atoms with Gasteiger partial charge in [-0.3, -0.25) is 0 Å². The number of fused-ring (bicyclic) bond motifs is 1. The van der Waals surface area contributed by atoms with Gasteiger partial charge in [0.25, 0.3) is 0 Å². The summed E-state index contributed by atoms with van der Waals surface area (Å²) in [6, 6.07) is 6.02. The highest BCUT2D eigenvalue weighted by Crippen LogP contribution is 2.25. The molecule has 0 bridgehead atoms. The molecule has 0 N–H and O–H groups in total. The molecule has 1 aromatic carbocycles. The molecule has 2 rings (SSSR count). The SMILES string of the molecule is [CH2]CCOc1ccc2sc(C)nc2c1. The van der Waals surface area contributed by atoms with Crippen LogP contribution in [0.2, 0.25) is 0 Å². The molecule has 0 unspecified atom stereocenters. The van der Waals surface area contributed by atoms with Crippen LogP contribution in [0, 0.1) is 13.8 Å². The standard InChI is InChI=1S/C11H12NOS/c1-3-6-13-9-4-5-11-10(7-9)12-8(2)14-11/h4-5,7H,1,3,6H2,2H3. The summed E-state index contributed by atoms with van der Waals surface area (Å²) in [6.07, 6.45) is 0.786. The largest absolute Gasteiger partial charge is 0.494 e. The Balaban J connectivity index is 2.31. The lowest BCUT2D eigenvalue weighted by molar-refractivity contribution is 0.324. The summed E-state index contributed by atoms with van der Waals surface area (Å²) in [5.41, 5.74) is 1.02. The van der Waals surface area contributed by atoms with E-state index in [1.807, 2.05) is 19.1 Å². The van der Waals surface area contributed by atoms with Crippen LogP contribution in [0.15, 0.2) is 18.2 Å². The van der Waals surface area contributed by atoms with Crippen molar-refractivity contribution in [2.75, 3.05) is 6.61 Å². The van der Waals surface area contributed by atoms with Crippen LogP contribution in [0.5, 0.6) is 5.75 Å². The Morgan fingerprint density at radius 2 is 2.36 bits per heavy atom. The lowest BCUT2D eigenvalue weighted by Crippen LogP contribution is -1.94. The third-order valence-electron chi connectivity index (χ3n) is 1.88. The van der Waals surface area contributed by atoms with E-state index in [-0.39, 0.29) is 0 Å². The lowest BCUT2D eigenvalue weighted by Gasteiger charge is -2.02. The molecule has 0 saturated carbocycles. The van der Waals surface area contributed by atoms with E-state index < -0.39 is 0 Å². The molecule has 0 atom stereocenters.